The first-order valence-corrected chi connectivity index (χ1v) is 8.66. The third kappa shape index (κ3) is 3.92. The number of rotatable bonds is 3. The maximum absolute atomic E-state index is 13.0. The van der Waals surface area contributed by atoms with Crippen molar-refractivity contribution in [3.05, 3.63) is 53.3 Å². The Morgan fingerprint density at radius 3 is 2.48 bits per heavy atom. The van der Waals surface area contributed by atoms with Gasteiger partial charge in [0, 0.05) is 24.3 Å². The first kappa shape index (κ1) is 17.3. The molecule has 0 unspecified atom stereocenters. The van der Waals surface area contributed by atoms with Crippen molar-refractivity contribution in [3.63, 3.8) is 0 Å². The average Bonchev–Trinajstić information content (AvgIpc) is 2.59. The van der Waals surface area contributed by atoms with Crippen LogP contribution in [0.5, 0.6) is 0 Å². The van der Waals surface area contributed by atoms with Gasteiger partial charge in [-0.3, -0.25) is 4.79 Å². The molecule has 1 saturated heterocycles. The maximum atomic E-state index is 13.0. The van der Waals surface area contributed by atoms with Gasteiger partial charge in [0.25, 0.3) is 5.91 Å². The van der Waals surface area contributed by atoms with E-state index < -0.39 is 0 Å². The van der Waals surface area contributed by atoms with Crippen LogP contribution in [0, 0.1) is 18.7 Å². The van der Waals surface area contributed by atoms with Gasteiger partial charge in [0.2, 0.25) is 0 Å². The summed E-state index contributed by atoms with van der Waals surface area (Å²) in [5.74, 6) is 0.0877. The van der Waals surface area contributed by atoms with Crippen LogP contribution in [-0.4, -0.2) is 19.0 Å². The van der Waals surface area contributed by atoms with Crippen molar-refractivity contribution < 1.29 is 9.18 Å². The highest BCUT2D eigenvalue weighted by Gasteiger charge is 2.19. The molecule has 5 heteroatoms. The van der Waals surface area contributed by atoms with Crippen LogP contribution in [0.4, 0.5) is 21.5 Å². The number of nitrogens with one attached hydrogen (secondary N) is 1. The smallest absolute Gasteiger partial charge is 0.255 e. The van der Waals surface area contributed by atoms with Crippen molar-refractivity contribution in [2.45, 2.75) is 26.7 Å². The van der Waals surface area contributed by atoms with E-state index in [1.807, 2.05) is 19.1 Å². The fourth-order valence-electron chi connectivity index (χ4n) is 3.21. The fourth-order valence-corrected chi connectivity index (χ4v) is 3.21. The Morgan fingerprint density at radius 2 is 1.84 bits per heavy atom. The molecule has 132 valence electrons. The largest absolute Gasteiger partial charge is 0.397 e. The Morgan fingerprint density at radius 1 is 1.20 bits per heavy atom. The number of hydrogen-bond donors (Lipinski definition) is 2. The molecule has 1 heterocycles. The number of halogens is 1. The summed E-state index contributed by atoms with van der Waals surface area (Å²) in [5.41, 5.74) is 9.83. The Hall–Kier alpha value is -2.56. The Labute approximate surface area is 147 Å². The summed E-state index contributed by atoms with van der Waals surface area (Å²) in [6.45, 7) is 6.34. The van der Waals surface area contributed by atoms with E-state index in [0.29, 0.717) is 16.9 Å². The molecule has 3 N–H and O–H groups in total. The number of hydrogen-bond acceptors (Lipinski definition) is 3. The lowest BCUT2D eigenvalue weighted by Gasteiger charge is -2.33. The second kappa shape index (κ2) is 7.13. The lowest BCUT2D eigenvalue weighted by molar-refractivity contribution is 0.102. The van der Waals surface area contributed by atoms with Gasteiger partial charge in [0.1, 0.15) is 5.82 Å². The van der Waals surface area contributed by atoms with Crippen LogP contribution in [0.3, 0.4) is 0 Å². The molecule has 1 aliphatic rings. The quantitative estimate of drug-likeness (QED) is 0.823. The minimum absolute atomic E-state index is 0.297. The monoisotopic (exact) mass is 341 g/mol. The maximum Gasteiger partial charge on any atom is 0.255 e. The molecule has 0 atom stereocenters. The Bertz CT molecular complexity index is 765. The van der Waals surface area contributed by atoms with Gasteiger partial charge in [-0.1, -0.05) is 6.92 Å². The van der Waals surface area contributed by atoms with E-state index >= 15 is 0 Å². The van der Waals surface area contributed by atoms with Gasteiger partial charge in [-0.15, -0.1) is 0 Å². The highest BCUT2D eigenvalue weighted by molar-refractivity contribution is 6.06. The van der Waals surface area contributed by atoms with Gasteiger partial charge >= 0.3 is 0 Å². The SMILES string of the molecule is Cc1cc(N)c(NC(=O)c2ccc(F)cc2)cc1N1CCC(C)CC1. The van der Waals surface area contributed by atoms with Crippen molar-refractivity contribution in [1.29, 1.82) is 0 Å². The molecule has 0 radical (unpaired) electrons. The van der Waals surface area contributed by atoms with E-state index in [9.17, 15) is 9.18 Å². The van der Waals surface area contributed by atoms with E-state index in [-0.39, 0.29) is 11.7 Å². The van der Waals surface area contributed by atoms with E-state index in [4.69, 9.17) is 5.73 Å². The van der Waals surface area contributed by atoms with Crippen LogP contribution in [0.2, 0.25) is 0 Å². The molecule has 0 spiro atoms. The molecular weight excluding hydrogens is 317 g/mol. The van der Waals surface area contributed by atoms with Crippen LogP contribution in [0.25, 0.3) is 0 Å². The minimum Gasteiger partial charge on any atom is -0.397 e. The lowest BCUT2D eigenvalue weighted by Crippen LogP contribution is -2.33. The van der Waals surface area contributed by atoms with Crippen LogP contribution < -0.4 is 16.0 Å². The molecule has 1 fully saturated rings. The zero-order valence-corrected chi connectivity index (χ0v) is 14.7. The first-order valence-electron chi connectivity index (χ1n) is 8.66. The standard InChI is InChI=1S/C20H24FN3O/c1-13-7-9-24(10-8-13)19-12-18(17(22)11-14(19)2)23-20(25)15-3-5-16(21)6-4-15/h3-6,11-13H,7-10,22H2,1-2H3,(H,23,25). The fraction of sp³-hybridized carbons (Fsp3) is 0.350. The van der Waals surface area contributed by atoms with E-state index in [0.717, 1.165) is 30.3 Å². The van der Waals surface area contributed by atoms with Gasteiger partial charge in [0.05, 0.1) is 11.4 Å². The molecule has 0 aromatic heterocycles. The molecular formula is C20H24FN3O. The topological polar surface area (TPSA) is 58.4 Å². The number of benzene rings is 2. The molecule has 0 aliphatic carbocycles. The van der Waals surface area contributed by atoms with Crippen LogP contribution >= 0.6 is 0 Å². The first-order chi connectivity index (χ1) is 11.9. The molecule has 2 aromatic carbocycles. The summed E-state index contributed by atoms with van der Waals surface area (Å²) in [7, 11) is 0. The minimum atomic E-state index is -0.368. The van der Waals surface area contributed by atoms with E-state index in [1.54, 1.807) is 0 Å². The number of piperidine rings is 1. The van der Waals surface area contributed by atoms with Crippen LogP contribution in [0.1, 0.15) is 35.7 Å². The summed E-state index contributed by atoms with van der Waals surface area (Å²) < 4.78 is 13.0. The van der Waals surface area contributed by atoms with Gasteiger partial charge in [-0.05, 0) is 67.6 Å². The number of anilines is 3. The van der Waals surface area contributed by atoms with Crippen LogP contribution in [0.15, 0.2) is 36.4 Å². The molecule has 4 nitrogen and oxygen atoms in total. The third-order valence-electron chi connectivity index (χ3n) is 4.85. The second-order valence-electron chi connectivity index (χ2n) is 6.86. The molecule has 25 heavy (non-hydrogen) atoms. The molecule has 2 aromatic rings. The van der Waals surface area contributed by atoms with Gasteiger partial charge in [-0.25, -0.2) is 4.39 Å². The van der Waals surface area contributed by atoms with Crippen molar-refractivity contribution >= 4 is 23.0 Å². The summed E-state index contributed by atoms with van der Waals surface area (Å²) >= 11 is 0. The number of nitrogens with two attached hydrogens (primary N) is 1. The normalized spacial score (nSPS) is 15.2. The number of amides is 1. The highest BCUT2D eigenvalue weighted by Crippen LogP contribution is 2.32. The Balaban J connectivity index is 1.82. The molecule has 1 amide bonds. The molecule has 0 saturated carbocycles. The van der Waals surface area contributed by atoms with E-state index in [2.05, 4.69) is 17.1 Å². The van der Waals surface area contributed by atoms with Crippen molar-refractivity contribution in [3.8, 4) is 0 Å². The average molecular weight is 341 g/mol. The third-order valence-corrected chi connectivity index (χ3v) is 4.85. The summed E-state index contributed by atoms with van der Waals surface area (Å²) in [4.78, 5) is 14.7. The summed E-state index contributed by atoms with van der Waals surface area (Å²) in [5, 5.41) is 2.85. The Kier molecular flexibility index (Phi) is 4.93. The highest BCUT2D eigenvalue weighted by atomic mass is 19.1. The number of carbonyl (C=O) groups is 1. The zero-order valence-electron chi connectivity index (χ0n) is 14.7. The predicted octanol–water partition coefficient (Wildman–Crippen LogP) is 4.20. The van der Waals surface area contributed by atoms with Crippen molar-refractivity contribution in [2.24, 2.45) is 5.92 Å². The lowest BCUT2D eigenvalue weighted by atomic mass is 9.98. The zero-order chi connectivity index (χ0) is 18.0. The second-order valence-corrected chi connectivity index (χ2v) is 6.86. The van der Waals surface area contributed by atoms with Crippen LogP contribution in [-0.2, 0) is 0 Å². The van der Waals surface area contributed by atoms with Crippen molar-refractivity contribution in [2.75, 3.05) is 29.0 Å². The van der Waals surface area contributed by atoms with Gasteiger partial charge in [-0.2, -0.15) is 0 Å². The van der Waals surface area contributed by atoms with Gasteiger partial charge in [0.15, 0.2) is 0 Å². The number of carbonyl (C=O) groups excluding carboxylic acids is 1. The summed E-state index contributed by atoms with van der Waals surface area (Å²) in [6.07, 6.45) is 2.34. The molecule has 1 aliphatic heterocycles. The summed E-state index contributed by atoms with van der Waals surface area (Å²) in [6, 6.07) is 9.31. The number of nitrogens with zero attached hydrogens (tertiary/aromatic N) is 1. The van der Waals surface area contributed by atoms with Crippen molar-refractivity contribution in [1.82, 2.24) is 0 Å². The predicted molar refractivity (Wildman–Crippen MR) is 101 cm³/mol. The van der Waals surface area contributed by atoms with Gasteiger partial charge < -0.3 is 16.0 Å². The number of aryl methyl sites for hydroxylation is 1. The van der Waals surface area contributed by atoms with E-state index in [1.165, 1.54) is 37.1 Å². The molecule has 3 rings (SSSR count). The molecule has 0 bridgehead atoms. The number of nitrogen functional groups attached to an aromatic ring is 1.